The van der Waals surface area contributed by atoms with E-state index in [2.05, 4.69) is 37.7 Å². The lowest BCUT2D eigenvalue weighted by molar-refractivity contribution is 0.00843. The first-order chi connectivity index (χ1) is 7.88. The molecule has 96 valence electrons. The Bertz CT molecular complexity index is 420. The first kappa shape index (κ1) is 14.3. The fourth-order valence-electron chi connectivity index (χ4n) is 1.93. The number of hydrogen-bond acceptors (Lipinski definition) is 3. The van der Waals surface area contributed by atoms with Crippen LogP contribution in [0.25, 0.3) is 0 Å². The lowest BCUT2D eigenvalue weighted by Gasteiger charge is -2.28. The molecular weight excluding hydrogens is 232 g/mol. The van der Waals surface area contributed by atoms with Gasteiger partial charge < -0.3 is 9.72 Å². The largest absolute Gasteiger partial charge is 0.373 e. The first-order valence-corrected chi connectivity index (χ1v) is 6.42. The maximum Gasteiger partial charge on any atom is 0.137 e. The second-order valence-corrected chi connectivity index (χ2v) is 5.78. The van der Waals surface area contributed by atoms with Crippen molar-refractivity contribution in [2.75, 3.05) is 7.11 Å². The van der Waals surface area contributed by atoms with Crippen LogP contribution in [-0.2, 0) is 11.2 Å². The lowest BCUT2D eigenvalue weighted by Crippen LogP contribution is -2.22. The normalized spacial score (nSPS) is 13.7. The molecule has 17 heavy (non-hydrogen) atoms. The Balaban J connectivity index is 3.16. The maximum atomic E-state index is 5.55. The van der Waals surface area contributed by atoms with Gasteiger partial charge in [-0.25, -0.2) is 4.98 Å². The van der Waals surface area contributed by atoms with E-state index in [0.717, 1.165) is 24.4 Å². The van der Waals surface area contributed by atoms with Crippen LogP contribution in [0.4, 0.5) is 0 Å². The van der Waals surface area contributed by atoms with Crippen molar-refractivity contribution < 1.29 is 4.74 Å². The zero-order valence-electron chi connectivity index (χ0n) is 11.3. The molecule has 1 unspecified atom stereocenters. The molecule has 0 aromatic carbocycles. The summed E-state index contributed by atoms with van der Waals surface area (Å²) in [6.45, 7) is 8.54. The molecule has 3 nitrogen and oxygen atoms in total. The summed E-state index contributed by atoms with van der Waals surface area (Å²) in [6, 6.07) is 1.93. The number of ether oxygens (including phenoxy) is 1. The number of H-pyrrole nitrogens is 1. The van der Waals surface area contributed by atoms with Gasteiger partial charge in [0.25, 0.3) is 0 Å². The van der Waals surface area contributed by atoms with Gasteiger partial charge in [-0.05, 0) is 17.9 Å². The summed E-state index contributed by atoms with van der Waals surface area (Å²) in [4.78, 5) is 7.73. The Morgan fingerprint density at radius 3 is 2.59 bits per heavy atom. The maximum absolute atomic E-state index is 5.55. The zero-order valence-corrected chi connectivity index (χ0v) is 12.1. The third-order valence-electron chi connectivity index (χ3n) is 2.61. The molecule has 4 heteroatoms. The molecule has 0 saturated heterocycles. The topological polar surface area (TPSA) is 37.9 Å². The van der Waals surface area contributed by atoms with Gasteiger partial charge in [0, 0.05) is 12.8 Å². The quantitative estimate of drug-likeness (QED) is 0.830. The van der Waals surface area contributed by atoms with Crippen molar-refractivity contribution in [2.45, 2.75) is 46.6 Å². The zero-order chi connectivity index (χ0) is 13.1. The summed E-state index contributed by atoms with van der Waals surface area (Å²) >= 11 is 5.20. The molecular formula is C13H22N2OS. The number of nitrogens with one attached hydrogen (secondary N) is 1. The number of methoxy groups -OCH3 is 1. The van der Waals surface area contributed by atoms with E-state index in [1.807, 2.05) is 6.07 Å². The van der Waals surface area contributed by atoms with Gasteiger partial charge in [-0.1, -0.05) is 46.3 Å². The van der Waals surface area contributed by atoms with Crippen LogP contribution in [0, 0.1) is 10.1 Å². The van der Waals surface area contributed by atoms with Crippen LogP contribution in [0.2, 0.25) is 0 Å². The molecule has 0 amide bonds. The van der Waals surface area contributed by atoms with Gasteiger partial charge in [0.1, 0.15) is 16.6 Å². The molecule has 1 aromatic rings. The van der Waals surface area contributed by atoms with Gasteiger partial charge in [0.05, 0.1) is 0 Å². The second kappa shape index (κ2) is 5.74. The van der Waals surface area contributed by atoms with E-state index in [-0.39, 0.29) is 11.5 Å². The minimum Gasteiger partial charge on any atom is -0.373 e. The van der Waals surface area contributed by atoms with Crippen LogP contribution < -0.4 is 0 Å². The number of aromatic amines is 1. The van der Waals surface area contributed by atoms with Crippen molar-refractivity contribution in [1.29, 1.82) is 0 Å². The molecule has 0 radical (unpaired) electrons. The van der Waals surface area contributed by atoms with Crippen LogP contribution in [0.5, 0.6) is 0 Å². The average molecular weight is 254 g/mol. The Morgan fingerprint density at radius 2 is 2.12 bits per heavy atom. The Kier molecular flexibility index (Phi) is 4.83. The molecule has 1 heterocycles. The number of aromatic nitrogens is 2. The predicted molar refractivity (Wildman–Crippen MR) is 72.6 cm³/mol. The molecule has 0 bridgehead atoms. The fraction of sp³-hybridized carbons (Fsp3) is 0.692. The number of nitrogens with zero attached hydrogens (tertiary/aromatic N) is 1. The van der Waals surface area contributed by atoms with E-state index in [1.165, 1.54) is 0 Å². The van der Waals surface area contributed by atoms with Gasteiger partial charge in [-0.15, -0.1) is 0 Å². The molecule has 0 aliphatic rings. The third kappa shape index (κ3) is 3.89. The van der Waals surface area contributed by atoms with Crippen LogP contribution in [0.3, 0.4) is 0 Å². The van der Waals surface area contributed by atoms with E-state index in [0.29, 0.717) is 4.64 Å². The number of aryl methyl sites for hydroxylation is 1. The highest BCUT2D eigenvalue weighted by Crippen LogP contribution is 2.33. The summed E-state index contributed by atoms with van der Waals surface area (Å²) in [5, 5.41) is 0. The van der Waals surface area contributed by atoms with Gasteiger partial charge in [-0.2, -0.15) is 0 Å². The Labute approximate surface area is 109 Å². The Morgan fingerprint density at radius 1 is 1.47 bits per heavy atom. The van der Waals surface area contributed by atoms with Gasteiger partial charge in [-0.3, -0.25) is 0 Å². The highest BCUT2D eigenvalue weighted by molar-refractivity contribution is 7.71. The molecule has 1 atom stereocenters. The summed E-state index contributed by atoms with van der Waals surface area (Å²) in [6.07, 6.45) is 2.00. The SMILES string of the molecule is CCCc1cc(=S)nc(C(OC)C(C)(C)C)[nH]1. The third-order valence-corrected chi connectivity index (χ3v) is 2.82. The molecule has 1 aromatic heterocycles. The Hall–Kier alpha value is -0.740. The highest BCUT2D eigenvalue weighted by atomic mass is 32.1. The fourth-order valence-corrected chi connectivity index (χ4v) is 2.17. The summed E-state index contributed by atoms with van der Waals surface area (Å²) in [5.41, 5.74) is 1.12. The minimum absolute atomic E-state index is 0.00907. The van der Waals surface area contributed by atoms with Gasteiger partial charge in [0.15, 0.2) is 0 Å². The molecule has 1 rings (SSSR count). The molecule has 0 fully saturated rings. The van der Waals surface area contributed by atoms with Crippen molar-refractivity contribution in [3.05, 3.63) is 22.2 Å². The second-order valence-electron chi connectivity index (χ2n) is 5.36. The summed E-state index contributed by atoms with van der Waals surface area (Å²) < 4.78 is 6.18. The van der Waals surface area contributed by atoms with E-state index in [1.54, 1.807) is 7.11 Å². The van der Waals surface area contributed by atoms with Crippen molar-refractivity contribution >= 4 is 12.2 Å². The van der Waals surface area contributed by atoms with Crippen molar-refractivity contribution in [3.63, 3.8) is 0 Å². The van der Waals surface area contributed by atoms with E-state index in [9.17, 15) is 0 Å². The van der Waals surface area contributed by atoms with Crippen molar-refractivity contribution in [2.24, 2.45) is 5.41 Å². The number of rotatable bonds is 4. The standard InChI is InChI=1S/C13H22N2OS/c1-6-7-9-8-10(17)15-12(14-9)11(16-5)13(2,3)4/h8,11H,6-7H2,1-5H3,(H,14,15,17). The van der Waals surface area contributed by atoms with Crippen LogP contribution >= 0.6 is 12.2 Å². The monoisotopic (exact) mass is 254 g/mol. The smallest absolute Gasteiger partial charge is 0.137 e. The van der Waals surface area contributed by atoms with Gasteiger partial charge in [0.2, 0.25) is 0 Å². The van der Waals surface area contributed by atoms with E-state index in [4.69, 9.17) is 17.0 Å². The van der Waals surface area contributed by atoms with Crippen LogP contribution in [0.15, 0.2) is 6.07 Å². The summed E-state index contributed by atoms with van der Waals surface area (Å²) in [7, 11) is 1.71. The summed E-state index contributed by atoms with van der Waals surface area (Å²) in [5.74, 6) is 0.830. The minimum atomic E-state index is -0.0685. The van der Waals surface area contributed by atoms with Crippen molar-refractivity contribution in [1.82, 2.24) is 9.97 Å². The van der Waals surface area contributed by atoms with Crippen LogP contribution in [0.1, 0.15) is 51.7 Å². The van der Waals surface area contributed by atoms with Crippen LogP contribution in [-0.4, -0.2) is 17.1 Å². The van der Waals surface area contributed by atoms with Gasteiger partial charge >= 0.3 is 0 Å². The molecule has 1 N–H and O–H groups in total. The van der Waals surface area contributed by atoms with Crippen molar-refractivity contribution in [3.8, 4) is 0 Å². The molecule has 0 aliphatic heterocycles. The van der Waals surface area contributed by atoms with E-state index >= 15 is 0 Å². The average Bonchev–Trinajstić information content (AvgIpc) is 2.15. The predicted octanol–water partition coefficient (Wildman–Crippen LogP) is 3.83. The highest BCUT2D eigenvalue weighted by Gasteiger charge is 2.28. The molecule has 0 saturated carbocycles. The first-order valence-electron chi connectivity index (χ1n) is 6.01. The molecule has 0 spiro atoms. The molecule has 0 aliphatic carbocycles. The lowest BCUT2D eigenvalue weighted by atomic mass is 9.88. The van der Waals surface area contributed by atoms with E-state index < -0.39 is 0 Å². The number of hydrogen-bond donors (Lipinski definition) is 1.